The Balaban J connectivity index is 1.07. The van der Waals surface area contributed by atoms with Gasteiger partial charge in [0.15, 0.2) is 35.4 Å². The van der Waals surface area contributed by atoms with E-state index in [1.165, 1.54) is 23.5 Å². The van der Waals surface area contributed by atoms with E-state index in [1.807, 2.05) is 0 Å². The van der Waals surface area contributed by atoms with Crippen molar-refractivity contribution in [3.63, 3.8) is 0 Å². The fraction of sp³-hybridized carbons (Fsp3) is 0.950. The molecule has 0 spiro atoms. The molecule has 4 aliphatic heterocycles. The molecule has 0 radical (unpaired) electrons. The van der Waals surface area contributed by atoms with Crippen LogP contribution in [0.4, 0.5) is 0 Å². The topological polar surface area (TPSA) is 421 Å². The first-order valence-corrected chi connectivity index (χ1v) is 26.9. The Labute approximate surface area is 427 Å². The van der Waals surface area contributed by atoms with Gasteiger partial charge in [-0.2, -0.15) is 23.5 Å². The third-order valence-corrected chi connectivity index (χ3v) is 14.9. The molecule has 4 saturated heterocycles. The smallest absolute Gasteiger partial charge is 0.184 e. The molecule has 0 saturated carbocycles. The number of rotatable bonds is 31. The molecule has 18 atom stereocenters. The standard InChI is InChI=1S/C40H78N12O14S4/c41-17-21-27(53)29(55)25(43)37(63-21)65-33-23(61-35(59)31(33)57)19-69-15-10-48-39(67)46-7-3-5-13-52(12-4-1-2-9-50-51-45)14-6-8-47-40(68)49-11-16-70-20-24-34(32(58)36(60)62-24)66-38-26(44)30(56)28(54)22(18-42)64-38/h21-38,53-60H,1-20,41-44H2,(H2,46,48,67)(H2,47,49,68)/t21-,22-,23+,24+,25?,26?,27+,28+,29?,30?,31-,32-,33-,34-,35?,36?,37+,38+/m0/s1. The number of hydrogen-bond donors (Lipinski definition) is 16. The van der Waals surface area contributed by atoms with Crippen LogP contribution in [-0.2, 0) is 28.4 Å². The van der Waals surface area contributed by atoms with Crippen LogP contribution in [0.3, 0.4) is 0 Å². The van der Waals surface area contributed by atoms with Gasteiger partial charge in [0, 0.05) is 73.7 Å². The Hall–Kier alpha value is -1.37. The molecule has 0 aromatic heterocycles. The van der Waals surface area contributed by atoms with Crippen LogP contribution in [0, 0.1) is 0 Å². The first kappa shape index (κ1) is 61.2. The lowest BCUT2D eigenvalue weighted by atomic mass is 9.97. The van der Waals surface area contributed by atoms with E-state index in [-0.39, 0.29) is 13.1 Å². The summed E-state index contributed by atoms with van der Waals surface area (Å²) in [5.74, 6) is 1.98. The van der Waals surface area contributed by atoms with Crippen molar-refractivity contribution >= 4 is 58.2 Å². The molecule has 6 unspecified atom stereocenters. The number of ether oxygens (including phenoxy) is 6. The normalized spacial score (nSPS) is 35.4. The van der Waals surface area contributed by atoms with Gasteiger partial charge in [0.2, 0.25) is 0 Å². The molecule has 26 nitrogen and oxygen atoms in total. The van der Waals surface area contributed by atoms with Crippen molar-refractivity contribution in [1.29, 1.82) is 0 Å². The summed E-state index contributed by atoms with van der Waals surface area (Å²) in [5, 5.41) is 100. The van der Waals surface area contributed by atoms with E-state index in [2.05, 4.69) is 36.2 Å². The Morgan fingerprint density at radius 1 is 0.571 bits per heavy atom. The molecule has 70 heavy (non-hydrogen) atoms. The zero-order chi connectivity index (χ0) is 51.2. The Morgan fingerprint density at radius 2 is 1.00 bits per heavy atom. The Morgan fingerprint density at radius 3 is 1.46 bits per heavy atom. The summed E-state index contributed by atoms with van der Waals surface area (Å²) in [5.41, 5.74) is 31.9. The molecule has 0 aliphatic carbocycles. The average molecular weight is 1080 g/mol. The molecule has 0 aromatic rings. The Kier molecular flexibility index (Phi) is 28.7. The maximum Gasteiger partial charge on any atom is 0.184 e. The number of nitrogens with two attached hydrogens (primary N) is 4. The predicted octanol–water partition coefficient (Wildman–Crippen LogP) is -5.27. The van der Waals surface area contributed by atoms with E-state index >= 15 is 0 Å². The lowest BCUT2D eigenvalue weighted by molar-refractivity contribution is -0.278. The molecular weight excluding hydrogens is 1000 g/mol. The van der Waals surface area contributed by atoms with Crippen LogP contribution >= 0.6 is 48.0 Å². The molecule has 0 aromatic carbocycles. The van der Waals surface area contributed by atoms with E-state index in [1.54, 1.807) is 0 Å². The molecule has 30 heteroatoms. The second-order valence-corrected chi connectivity index (χ2v) is 20.5. The number of nitrogens with zero attached hydrogens (tertiary/aromatic N) is 4. The van der Waals surface area contributed by atoms with Gasteiger partial charge in [-0.25, -0.2) is 0 Å². The zero-order valence-corrected chi connectivity index (χ0v) is 42.6. The van der Waals surface area contributed by atoms with Gasteiger partial charge in [-0.3, -0.25) is 0 Å². The molecule has 0 bridgehead atoms. The molecule has 406 valence electrons. The maximum atomic E-state index is 10.6. The van der Waals surface area contributed by atoms with Crippen molar-refractivity contribution in [2.24, 2.45) is 28.0 Å². The Bertz CT molecular complexity index is 1570. The fourth-order valence-corrected chi connectivity index (χ4v) is 10.4. The largest absolute Gasteiger partial charge is 0.388 e. The van der Waals surface area contributed by atoms with Crippen molar-refractivity contribution in [3.05, 3.63) is 10.4 Å². The first-order chi connectivity index (χ1) is 33.6. The monoisotopic (exact) mass is 1080 g/mol. The van der Waals surface area contributed by atoms with Gasteiger partial charge < -0.3 is 118 Å². The van der Waals surface area contributed by atoms with Crippen LogP contribution in [0.25, 0.3) is 10.4 Å². The van der Waals surface area contributed by atoms with Gasteiger partial charge in [-0.1, -0.05) is 11.5 Å². The number of nitrogens with one attached hydrogen (secondary N) is 4. The summed E-state index contributed by atoms with van der Waals surface area (Å²) in [6.45, 7) is 5.42. The predicted molar refractivity (Wildman–Crippen MR) is 269 cm³/mol. The molecular formula is C40H78N12O14S4. The summed E-state index contributed by atoms with van der Waals surface area (Å²) in [6.07, 6.45) is -13.2. The molecule has 20 N–H and O–H groups in total. The lowest BCUT2D eigenvalue weighted by Gasteiger charge is -2.42. The number of thioether (sulfide) groups is 2. The number of hydrogen-bond acceptors (Lipinski definition) is 24. The number of aliphatic hydroxyl groups excluding tert-OH is 8. The molecule has 4 fully saturated rings. The van der Waals surface area contributed by atoms with Crippen LogP contribution in [0.5, 0.6) is 0 Å². The van der Waals surface area contributed by atoms with Gasteiger partial charge in [0.05, 0.1) is 24.3 Å². The summed E-state index contributed by atoms with van der Waals surface area (Å²) in [6, 6.07) is -2.23. The minimum atomic E-state index is -1.48. The SMILES string of the molecule is [N-]=[N+]=NCCCCCN(CCCCNC(=S)NCCSC[C@H]1OC(O)[C@@H](O)[C@H]1O[C@H]1O[C@@H](CN)[C@@H](O)C(O)C1N)CCCNC(=S)NCCSC[C@H]1OC(O)[C@@H](O)[C@H]1O[C@H]1O[C@@H](CN)[C@@H](O)C(O)C1N. The minimum Gasteiger partial charge on any atom is -0.388 e. The van der Waals surface area contributed by atoms with Crippen molar-refractivity contribution in [2.45, 2.75) is 149 Å². The number of thiocarbonyl (C=S) groups is 2. The van der Waals surface area contributed by atoms with E-state index in [0.29, 0.717) is 66.0 Å². The van der Waals surface area contributed by atoms with Crippen LogP contribution in [-0.4, -0.2) is 255 Å². The summed E-state index contributed by atoms with van der Waals surface area (Å²) in [7, 11) is 0. The highest BCUT2D eigenvalue weighted by molar-refractivity contribution is 7.99. The average Bonchev–Trinajstić information content (AvgIpc) is 3.77. The van der Waals surface area contributed by atoms with Crippen molar-refractivity contribution in [2.75, 3.05) is 88.5 Å². The quantitative estimate of drug-likeness (QED) is 0.0101. The van der Waals surface area contributed by atoms with Crippen LogP contribution < -0.4 is 44.2 Å². The number of aliphatic hydroxyl groups is 8. The van der Waals surface area contributed by atoms with Gasteiger partial charge in [-0.15, -0.1) is 0 Å². The third-order valence-electron chi connectivity index (χ3n) is 12.2. The highest BCUT2D eigenvalue weighted by Gasteiger charge is 2.51. The molecule has 4 rings (SSSR count). The highest BCUT2D eigenvalue weighted by Crippen LogP contribution is 2.31. The minimum absolute atomic E-state index is 0.0846. The highest BCUT2D eigenvalue weighted by atomic mass is 32.2. The zero-order valence-electron chi connectivity index (χ0n) is 39.3. The van der Waals surface area contributed by atoms with Crippen molar-refractivity contribution < 1.29 is 69.3 Å². The molecule has 4 aliphatic rings. The van der Waals surface area contributed by atoms with Gasteiger partial charge in [-0.05, 0) is 81.7 Å². The van der Waals surface area contributed by atoms with Crippen LogP contribution in [0.1, 0.15) is 38.5 Å². The third kappa shape index (κ3) is 19.4. The van der Waals surface area contributed by atoms with Crippen LogP contribution in [0.15, 0.2) is 5.11 Å². The number of azide groups is 1. The second-order valence-electron chi connectivity index (χ2n) is 17.4. The number of unbranched alkanes of at least 4 members (excludes halogenated alkanes) is 3. The summed E-state index contributed by atoms with van der Waals surface area (Å²) in [4.78, 5) is 5.25. The van der Waals surface area contributed by atoms with E-state index in [9.17, 15) is 40.9 Å². The van der Waals surface area contributed by atoms with Gasteiger partial charge >= 0.3 is 0 Å². The van der Waals surface area contributed by atoms with E-state index < -0.39 is 110 Å². The van der Waals surface area contributed by atoms with Crippen molar-refractivity contribution in [1.82, 2.24) is 26.2 Å². The summed E-state index contributed by atoms with van der Waals surface area (Å²) < 4.78 is 34.1. The second kappa shape index (κ2) is 32.8. The first-order valence-electron chi connectivity index (χ1n) is 23.8. The van der Waals surface area contributed by atoms with Gasteiger partial charge in [0.25, 0.3) is 0 Å². The molecule has 0 amide bonds. The summed E-state index contributed by atoms with van der Waals surface area (Å²) >= 11 is 14.0. The lowest BCUT2D eigenvalue weighted by Crippen LogP contribution is -2.64. The van der Waals surface area contributed by atoms with Gasteiger partial charge in [0.1, 0.15) is 61.0 Å². The van der Waals surface area contributed by atoms with Crippen LogP contribution in [0.2, 0.25) is 0 Å². The van der Waals surface area contributed by atoms with E-state index in [0.717, 1.165) is 58.2 Å². The molecule has 4 heterocycles. The van der Waals surface area contributed by atoms with E-state index in [4.69, 9.17) is 81.3 Å². The fourth-order valence-electron chi connectivity index (χ4n) is 8.13. The maximum absolute atomic E-state index is 10.6. The van der Waals surface area contributed by atoms with Crippen molar-refractivity contribution in [3.8, 4) is 0 Å².